The van der Waals surface area contributed by atoms with Crippen molar-refractivity contribution in [3.63, 3.8) is 0 Å². The standard InChI is InChI=1S/C18H30O3/c1-2-3-4-5-6-7-8-9-10-14-18(20)21-17-13-11-12-16(19)15-17/h15H,2-14H2,1H3. The summed E-state index contributed by atoms with van der Waals surface area (Å²) in [4.78, 5) is 22.9. The third kappa shape index (κ3) is 9.43. The van der Waals surface area contributed by atoms with Gasteiger partial charge in [0.2, 0.25) is 0 Å². The molecule has 0 heterocycles. The molecule has 120 valence electrons. The highest BCUT2D eigenvalue weighted by Gasteiger charge is 2.13. The first-order valence-electron chi connectivity index (χ1n) is 8.66. The molecule has 0 aromatic rings. The highest BCUT2D eigenvalue weighted by molar-refractivity contribution is 5.91. The van der Waals surface area contributed by atoms with Gasteiger partial charge in [-0.05, 0) is 12.8 Å². The summed E-state index contributed by atoms with van der Waals surface area (Å²) in [5, 5.41) is 0. The Hall–Kier alpha value is -1.12. The van der Waals surface area contributed by atoms with Crippen LogP contribution in [0.4, 0.5) is 0 Å². The van der Waals surface area contributed by atoms with Gasteiger partial charge in [0.05, 0.1) is 0 Å². The first-order chi connectivity index (χ1) is 10.2. The van der Waals surface area contributed by atoms with Crippen molar-refractivity contribution in [3.8, 4) is 0 Å². The summed E-state index contributed by atoms with van der Waals surface area (Å²) in [6.07, 6.45) is 15.2. The molecule has 0 saturated heterocycles. The lowest BCUT2D eigenvalue weighted by Crippen LogP contribution is -2.10. The van der Waals surface area contributed by atoms with Crippen LogP contribution in [0, 0.1) is 0 Å². The summed E-state index contributed by atoms with van der Waals surface area (Å²) in [6, 6.07) is 0. The average Bonchev–Trinajstić information content (AvgIpc) is 2.45. The third-order valence-corrected chi connectivity index (χ3v) is 3.90. The molecule has 0 amide bonds. The number of rotatable bonds is 11. The number of carbonyl (C=O) groups excluding carboxylic acids is 2. The van der Waals surface area contributed by atoms with Crippen LogP contribution in [0.2, 0.25) is 0 Å². The molecule has 1 aliphatic carbocycles. The molecule has 21 heavy (non-hydrogen) atoms. The van der Waals surface area contributed by atoms with Crippen molar-refractivity contribution in [1.82, 2.24) is 0 Å². The zero-order chi connectivity index (χ0) is 15.3. The van der Waals surface area contributed by atoms with E-state index < -0.39 is 0 Å². The predicted octanol–water partition coefficient (Wildman–Crippen LogP) is 5.09. The van der Waals surface area contributed by atoms with E-state index in [0.717, 1.165) is 25.7 Å². The average molecular weight is 294 g/mol. The van der Waals surface area contributed by atoms with Crippen molar-refractivity contribution < 1.29 is 14.3 Å². The smallest absolute Gasteiger partial charge is 0.310 e. The van der Waals surface area contributed by atoms with E-state index in [4.69, 9.17) is 4.74 Å². The summed E-state index contributed by atoms with van der Waals surface area (Å²) in [5.41, 5.74) is 0. The lowest BCUT2D eigenvalue weighted by Gasteiger charge is -2.12. The second-order valence-corrected chi connectivity index (χ2v) is 5.98. The van der Waals surface area contributed by atoms with Crippen LogP contribution in [0.25, 0.3) is 0 Å². The summed E-state index contributed by atoms with van der Waals surface area (Å²) in [7, 11) is 0. The predicted molar refractivity (Wildman–Crippen MR) is 84.9 cm³/mol. The molecule has 0 bridgehead atoms. The zero-order valence-electron chi connectivity index (χ0n) is 13.5. The van der Waals surface area contributed by atoms with E-state index in [9.17, 15) is 9.59 Å². The number of allylic oxidation sites excluding steroid dienone is 2. The molecule has 3 nitrogen and oxygen atoms in total. The molecule has 1 rings (SSSR count). The minimum absolute atomic E-state index is 0.0760. The Morgan fingerprint density at radius 2 is 1.62 bits per heavy atom. The first kappa shape index (κ1) is 17.9. The van der Waals surface area contributed by atoms with Crippen LogP contribution >= 0.6 is 0 Å². The summed E-state index contributed by atoms with van der Waals surface area (Å²) < 4.78 is 5.24. The molecule has 0 atom stereocenters. The quantitative estimate of drug-likeness (QED) is 0.394. The number of hydrogen-bond donors (Lipinski definition) is 0. The zero-order valence-corrected chi connectivity index (χ0v) is 13.5. The van der Waals surface area contributed by atoms with Crippen molar-refractivity contribution in [3.05, 3.63) is 11.8 Å². The molecule has 0 aromatic carbocycles. The fourth-order valence-electron chi connectivity index (χ4n) is 2.62. The van der Waals surface area contributed by atoms with E-state index in [2.05, 4.69) is 6.92 Å². The Labute approximate surface area is 129 Å². The highest BCUT2D eigenvalue weighted by Crippen LogP contribution is 2.17. The second-order valence-electron chi connectivity index (χ2n) is 5.98. The lowest BCUT2D eigenvalue weighted by atomic mass is 10.1. The molecule has 0 radical (unpaired) electrons. The molecule has 1 aliphatic rings. The van der Waals surface area contributed by atoms with Crippen molar-refractivity contribution in [2.24, 2.45) is 0 Å². The molecule has 0 aromatic heterocycles. The van der Waals surface area contributed by atoms with Gasteiger partial charge in [-0.3, -0.25) is 9.59 Å². The second kappa shape index (κ2) is 11.5. The minimum atomic E-state index is -0.182. The van der Waals surface area contributed by atoms with Gasteiger partial charge in [-0.15, -0.1) is 0 Å². The van der Waals surface area contributed by atoms with Crippen molar-refractivity contribution in [2.75, 3.05) is 0 Å². The molecular formula is C18H30O3. The Morgan fingerprint density at radius 1 is 1.00 bits per heavy atom. The molecule has 0 aliphatic heterocycles. The van der Waals surface area contributed by atoms with E-state index in [0.29, 0.717) is 18.6 Å². The van der Waals surface area contributed by atoms with Gasteiger partial charge in [-0.1, -0.05) is 58.3 Å². The first-order valence-corrected chi connectivity index (χ1v) is 8.66. The van der Waals surface area contributed by atoms with Crippen molar-refractivity contribution in [1.29, 1.82) is 0 Å². The Kier molecular flexibility index (Phi) is 9.84. The topological polar surface area (TPSA) is 43.4 Å². The van der Waals surface area contributed by atoms with Crippen LogP contribution in [-0.2, 0) is 14.3 Å². The van der Waals surface area contributed by atoms with Gasteiger partial charge >= 0.3 is 5.97 Å². The van der Waals surface area contributed by atoms with E-state index in [1.54, 1.807) is 0 Å². The highest BCUT2D eigenvalue weighted by atomic mass is 16.5. The van der Waals surface area contributed by atoms with Crippen LogP contribution < -0.4 is 0 Å². The van der Waals surface area contributed by atoms with Gasteiger partial charge in [-0.25, -0.2) is 0 Å². The maximum Gasteiger partial charge on any atom is 0.310 e. The number of ketones is 1. The lowest BCUT2D eigenvalue weighted by molar-refractivity contribution is -0.140. The van der Waals surface area contributed by atoms with Crippen molar-refractivity contribution in [2.45, 2.75) is 90.4 Å². The molecule has 0 fully saturated rings. The fraction of sp³-hybridized carbons (Fsp3) is 0.778. The van der Waals surface area contributed by atoms with Gasteiger partial charge in [0.1, 0.15) is 5.76 Å². The summed E-state index contributed by atoms with van der Waals surface area (Å²) >= 11 is 0. The van der Waals surface area contributed by atoms with Crippen LogP contribution in [0.15, 0.2) is 11.8 Å². The fourth-order valence-corrected chi connectivity index (χ4v) is 2.62. The number of ether oxygens (including phenoxy) is 1. The maximum atomic E-state index is 11.7. The van der Waals surface area contributed by atoms with Gasteiger partial charge in [0, 0.05) is 25.3 Å². The van der Waals surface area contributed by atoms with Gasteiger partial charge < -0.3 is 4.74 Å². The van der Waals surface area contributed by atoms with Gasteiger partial charge in [0.25, 0.3) is 0 Å². The summed E-state index contributed by atoms with van der Waals surface area (Å²) in [5.74, 6) is 0.457. The molecule has 3 heteroatoms. The van der Waals surface area contributed by atoms with E-state index >= 15 is 0 Å². The Morgan fingerprint density at radius 3 is 2.24 bits per heavy atom. The molecule has 0 spiro atoms. The van der Waals surface area contributed by atoms with Crippen LogP contribution in [0.1, 0.15) is 90.4 Å². The van der Waals surface area contributed by atoms with E-state index in [1.807, 2.05) is 0 Å². The number of carbonyl (C=O) groups is 2. The summed E-state index contributed by atoms with van der Waals surface area (Å²) in [6.45, 7) is 2.23. The van der Waals surface area contributed by atoms with Crippen molar-refractivity contribution >= 4 is 11.8 Å². The van der Waals surface area contributed by atoms with Crippen LogP contribution in [0.3, 0.4) is 0 Å². The number of hydrogen-bond acceptors (Lipinski definition) is 3. The largest absolute Gasteiger partial charge is 0.431 e. The molecule has 0 saturated carbocycles. The van der Waals surface area contributed by atoms with Crippen LogP contribution in [0.5, 0.6) is 0 Å². The minimum Gasteiger partial charge on any atom is -0.431 e. The van der Waals surface area contributed by atoms with Gasteiger partial charge in [-0.2, -0.15) is 0 Å². The third-order valence-electron chi connectivity index (χ3n) is 3.90. The SMILES string of the molecule is CCCCCCCCCCCC(=O)OC1=CC(=O)CCC1. The van der Waals surface area contributed by atoms with E-state index in [-0.39, 0.29) is 11.8 Å². The normalized spacial score (nSPS) is 14.9. The Balaban J connectivity index is 1.95. The number of esters is 1. The molecular weight excluding hydrogens is 264 g/mol. The maximum absolute atomic E-state index is 11.7. The number of unbranched alkanes of at least 4 members (excludes halogenated alkanes) is 8. The molecule has 0 unspecified atom stereocenters. The van der Waals surface area contributed by atoms with Crippen LogP contribution in [-0.4, -0.2) is 11.8 Å². The molecule has 0 N–H and O–H groups in total. The van der Waals surface area contributed by atoms with E-state index in [1.165, 1.54) is 51.0 Å². The van der Waals surface area contributed by atoms with Gasteiger partial charge in [0.15, 0.2) is 5.78 Å². The Bertz CT molecular complexity index is 344. The monoisotopic (exact) mass is 294 g/mol.